The molecule has 14 heavy (non-hydrogen) atoms. The van der Waals surface area contributed by atoms with E-state index in [1.54, 1.807) is 0 Å². The Labute approximate surface area is 81.8 Å². The largest absolute Gasteiger partial charge is 0.389 e. The van der Waals surface area contributed by atoms with Gasteiger partial charge in [0.05, 0.1) is 0 Å². The molecular weight excluding hydrogens is 189 g/mol. The number of benzene rings is 1. The van der Waals surface area contributed by atoms with Crippen molar-refractivity contribution in [3.63, 3.8) is 0 Å². The normalized spacial score (nSPS) is 11.6. The molecule has 1 radical (unpaired) electrons. The number of halogens is 3. The van der Waals surface area contributed by atoms with Gasteiger partial charge in [-0.3, -0.25) is 0 Å². The molecule has 0 aliphatic carbocycles. The summed E-state index contributed by atoms with van der Waals surface area (Å²) in [7, 11) is 0. The van der Waals surface area contributed by atoms with E-state index in [0.29, 0.717) is 12.8 Å². The Morgan fingerprint density at radius 1 is 1.07 bits per heavy atom. The first-order valence-electron chi connectivity index (χ1n) is 4.50. The van der Waals surface area contributed by atoms with Crippen LogP contribution < -0.4 is 0 Å². The first kappa shape index (κ1) is 11.1. The lowest BCUT2D eigenvalue weighted by atomic mass is 10.1. The van der Waals surface area contributed by atoms with E-state index in [-0.39, 0.29) is 0 Å². The molecule has 77 valence electrons. The van der Waals surface area contributed by atoms with Crippen LogP contribution in [0.4, 0.5) is 13.2 Å². The van der Waals surface area contributed by atoms with E-state index >= 15 is 0 Å². The lowest BCUT2D eigenvalue weighted by Crippen LogP contribution is -2.07. The maximum atomic E-state index is 11.8. The number of aryl methyl sites for hydroxylation is 1. The van der Waals surface area contributed by atoms with Gasteiger partial charge in [0.2, 0.25) is 0 Å². The number of rotatable bonds is 4. The minimum Gasteiger partial charge on any atom is -0.171 e. The SMILES string of the molecule is FC(F)(F)C[CH]CCc1ccccc1. The third-order valence-electron chi connectivity index (χ3n) is 1.86. The number of hydrogen-bond acceptors (Lipinski definition) is 0. The molecule has 0 amide bonds. The predicted octanol–water partition coefficient (Wildman–Crippen LogP) is 3.78. The Balaban J connectivity index is 2.17. The molecule has 0 saturated heterocycles. The third-order valence-corrected chi connectivity index (χ3v) is 1.86. The lowest BCUT2D eigenvalue weighted by Gasteiger charge is -2.05. The van der Waals surface area contributed by atoms with Crippen LogP contribution in [-0.2, 0) is 6.42 Å². The third kappa shape index (κ3) is 4.90. The summed E-state index contributed by atoms with van der Waals surface area (Å²) in [6.07, 6.45) is -2.41. The van der Waals surface area contributed by atoms with E-state index in [2.05, 4.69) is 0 Å². The predicted molar refractivity (Wildman–Crippen MR) is 49.7 cm³/mol. The van der Waals surface area contributed by atoms with Crippen molar-refractivity contribution in [2.45, 2.75) is 25.4 Å². The number of hydrogen-bond donors (Lipinski definition) is 0. The molecular formula is C11H12F3. The second kappa shape index (κ2) is 5.03. The highest BCUT2D eigenvalue weighted by Gasteiger charge is 2.25. The van der Waals surface area contributed by atoms with Crippen molar-refractivity contribution in [2.75, 3.05) is 0 Å². The Kier molecular flexibility index (Phi) is 3.98. The second-order valence-electron chi connectivity index (χ2n) is 3.13. The van der Waals surface area contributed by atoms with Crippen LogP contribution in [0.15, 0.2) is 30.3 Å². The van der Waals surface area contributed by atoms with Crippen LogP contribution in [0.25, 0.3) is 0 Å². The average Bonchev–Trinajstić information content (AvgIpc) is 2.13. The van der Waals surface area contributed by atoms with Crippen LogP contribution in [0.2, 0.25) is 0 Å². The Morgan fingerprint density at radius 3 is 2.29 bits per heavy atom. The highest BCUT2D eigenvalue weighted by atomic mass is 19.4. The Hall–Kier alpha value is -0.990. The van der Waals surface area contributed by atoms with Crippen molar-refractivity contribution in [2.24, 2.45) is 0 Å². The summed E-state index contributed by atoms with van der Waals surface area (Å²) >= 11 is 0. The molecule has 0 saturated carbocycles. The molecule has 1 rings (SSSR count). The Morgan fingerprint density at radius 2 is 1.71 bits per heavy atom. The molecule has 0 fully saturated rings. The van der Waals surface area contributed by atoms with Gasteiger partial charge in [0.25, 0.3) is 0 Å². The van der Waals surface area contributed by atoms with Crippen molar-refractivity contribution in [3.05, 3.63) is 42.3 Å². The topological polar surface area (TPSA) is 0 Å². The smallest absolute Gasteiger partial charge is 0.171 e. The van der Waals surface area contributed by atoms with E-state index in [9.17, 15) is 13.2 Å². The number of alkyl halides is 3. The average molecular weight is 201 g/mol. The zero-order valence-corrected chi connectivity index (χ0v) is 7.72. The van der Waals surface area contributed by atoms with Crippen LogP contribution in [0.5, 0.6) is 0 Å². The zero-order chi connectivity index (χ0) is 10.4. The van der Waals surface area contributed by atoms with Gasteiger partial charge in [-0.2, -0.15) is 13.2 Å². The van der Waals surface area contributed by atoms with Crippen LogP contribution in [0, 0.1) is 6.42 Å². The van der Waals surface area contributed by atoms with Crippen molar-refractivity contribution < 1.29 is 13.2 Å². The van der Waals surface area contributed by atoms with Crippen LogP contribution in [0.1, 0.15) is 18.4 Å². The molecule has 0 N–H and O–H groups in total. The summed E-state index contributed by atoms with van der Waals surface area (Å²) in [5.41, 5.74) is 1.07. The van der Waals surface area contributed by atoms with Crippen molar-refractivity contribution in [1.29, 1.82) is 0 Å². The highest BCUT2D eigenvalue weighted by Crippen LogP contribution is 2.22. The first-order chi connectivity index (χ1) is 6.58. The summed E-state index contributed by atoms with van der Waals surface area (Å²) in [5.74, 6) is 0. The Bertz CT molecular complexity index is 251. The molecule has 0 heterocycles. The van der Waals surface area contributed by atoms with Crippen molar-refractivity contribution in [1.82, 2.24) is 0 Å². The summed E-state index contributed by atoms with van der Waals surface area (Å²) in [6.45, 7) is 0. The van der Waals surface area contributed by atoms with Gasteiger partial charge >= 0.3 is 6.18 Å². The maximum Gasteiger partial charge on any atom is 0.389 e. The van der Waals surface area contributed by atoms with Crippen LogP contribution >= 0.6 is 0 Å². The molecule has 1 aromatic carbocycles. The quantitative estimate of drug-likeness (QED) is 0.650. The van der Waals surface area contributed by atoms with Crippen LogP contribution in [0.3, 0.4) is 0 Å². The van der Waals surface area contributed by atoms with Gasteiger partial charge in [0.15, 0.2) is 0 Å². The van der Waals surface area contributed by atoms with Gasteiger partial charge in [0, 0.05) is 6.42 Å². The molecule has 0 nitrogen and oxygen atoms in total. The second-order valence-corrected chi connectivity index (χ2v) is 3.13. The molecule has 3 heteroatoms. The first-order valence-corrected chi connectivity index (χ1v) is 4.50. The summed E-state index contributed by atoms with van der Waals surface area (Å²) in [5, 5.41) is 0. The fourth-order valence-corrected chi connectivity index (χ4v) is 1.18. The highest BCUT2D eigenvalue weighted by molar-refractivity contribution is 5.14. The molecule has 0 aliphatic heterocycles. The van der Waals surface area contributed by atoms with Gasteiger partial charge in [-0.25, -0.2) is 0 Å². The lowest BCUT2D eigenvalue weighted by molar-refractivity contribution is -0.128. The fourth-order valence-electron chi connectivity index (χ4n) is 1.18. The van der Waals surface area contributed by atoms with Gasteiger partial charge in [-0.15, -0.1) is 0 Å². The molecule has 0 unspecified atom stereocenters. The molecule has 0 bridgehead atoms. The van der Waals surface area contributed by atoms with Gasteiger partial charge in [-0.05, 0) is 24.8 Å². The standard InChI is InChI=1S/C11H12F3/c12-11(13,14)9-5-4-8-10-6-2-1-3-7-10/h1-3,5-7H,4,8-9H2. The summed E-state index contributed by atoms with van der Waals surface area (Å²) in [6, 6.07) is 9.50. The van der Waals surface area contributed by atoms with E-state index in [1.165, 1.54) is 6.42 Å². The van der Waals surface area contributed by atoms with E-state index < -0.39 is 12.6 Å². The summed E-state index contributed by atoms with van der Waals surface area (Å²) < 4.78 is 35.3. The van der Waals surface area contributed by atoms with Crippen LogP contribution in [-0.4, -0.2) is 6.18 Å². The molecule has 0 spiro atoms. The molecule has 0 aromatic heterocycles. The van der Waals surface area contributed by atoms with E-state index in [4.69, 9.17) is 0 Å². The zero-order valence-electron chi connectivity index (χ0n) is 7.72. The van der Waals surface area contributed by atoms with Crippen molar-refractivity contribution in [3.8, 4) is 0 Å². The molecule has 1 aromatic rings. The maximum absolute atomic E-state index is 11.8. The summed E-state index contributed by atoms with van der Waals surface area (Å²) in [4.78, 5) is 0. The van der Waals surface area contributed by atoms with E-state index in [0.717, 1.165) is 5.56 Å². The van der Waals surface area contributed by atoms with Gasteiger partial charge < -0.3 is 0 Å². The molecule has 0 aliphatic rings. The van der Waals surface area contributed by atoms with Gasteiger partial charge in [-0.1, -0.05) is 30.3 Å². The molecule has 0 atom stereocenters. The minimum atomic E-state index is -4.06. The minimum absolute atomic E-state index is 0.476. The fraction of sp³-hybridized carbons (Fsp3) is 0.364. The van der Waals surface area contributed by atoms with Gasteiger partial charge in [0.1, 0.15) is 0 Å². The van der Waals surface area contributed by atoms with E-state index in [1.807, 2.05) is 30.3 Å². The monoisotopic (exact) mass is 201 g/mol. The number of unbranched alkanes of at least 4 members (excludes halogenated alkanes) is 1. The van der Waals surface area contributed by atoms with Crippen molar-refractivity contribution >= 4 is 0 Å².